The largest absolute Gasteiger partial charge is 0.490 e. The van der Waals surface area contributed by atoms with Gasteiger partial charge in [0.1, 0.15) is 16.9 Å². The molecule has 0 fully saturated rings. The lowest BCUT2D eigenvalue weighted by Crippen LogP contribution is -2.32. The number of benzene rings is 2. The zero-order valence-corrected chi connectivity index (χ0v) is 19.4. The predicted molar refractivity (Wildman–Crippen MR) is 128 cm³/mol. The van der Waals surface area contributed by atoms with E-state index < -0.39 is 0 Å². The average Bonchev–Trinajstić information content (AvgIpc) is 3.42. The molecule has 1 amide bonds. The van der Waals surface area contributed by atoms with E-state index >= 15 is 0 Å². The first-order valence-electron chi connectivity index (χ1n) is 9.91. The van der Waals surface area contributed by atoms with Gasteiger partial charge in [0.25, 0.3) is 11.5 Å². The van der Waals surface area contributed by atoms with Gasteiger partial charge in [-0.3, -0.25) is 9.59 Å². The summed E-state index contributed by atoms with van der Waals surface area (Å²) in [7, 11) is 0. The number of carbonyl (C=O) groups excluding carboxylic acids is 1. The summed E-state index contributed by atoms with van der Waals surface area (Å²) < 4.78 is 7.95. The summed E-state index contributed by atoms with van der Waals surface area (Å²) in [6.45, 7) is 6.48. The van der Waals surface area contributed by atoms with Crippen molar-refractivity contribution in [1.82, 2.24) is 14.6 Å². The van der Waals surface area contributed by atoms with Crippen LogP contribution in [0.3, 0.4) is 0 Å². The number of thiazole rings is 1. The van der Waals surface area contributed by atoms with Crippen molar-refractivity contribution in [3.05, 3.63) is 80.0 Å². The molecule has 0 aliphatic carbocycles. The number of likely N-dealkylation sites (N-methyl/N-ethyl adjacent to an activating group) is 1. The van der Waals surface area contributed by atoms with Gasteiger partial charge in [0.2, 0.25) is 4.96 Å². The van der Waals surface area contributed by atoms with Crippen LogP contribution < -0.4 is 19.7 Å². The summed E-state index contributed by atoms with van der Waals surface area (Å²) in [5.74, 6) is 0.969. The highest BCUT2D eigenvalue weighted by Gasteiger charge is 2.33. The normalized spacial score (nSPS) is 14.8. The molecule has 0 atom stereocenters. The van der Waals surface area contributed by atoms with E-state index in [1.165, 1.54) is 15.9 Å². The maximum absolute atomic E-state index is 13.2. The first-order valence-corrected chi connectivity index (χ1v) is 11.5. The third-order valence-electron chi connectivity index (χ3n) is 5.16. The fourth-order valence-corrected chi connectivity index (χ4v) is 5.06. The fourth-order valence-electron chi connectivity index (χ4n) is 3.70. The number of nitrogens with zero attached hydrogens (tertiary/aromatic N) is 4. The van der Waals surface area contributed by atoms with Gasteiger partial charge < -0.3 is 9.64 Å². The van der Waals surface area contributed by atoms with E-state index in [4.69, 9.17) is 4.74 Å². The van der Waals surface area contributed by atoms with Gasteiger partial charge in [-0.05, 0) is 49.4 Å². The Balaban J connectivity index is 1.62. The predicted octanol–water partition coefficient (Wildman–Crippen LogP) is 3.43. The van der Waals surface area contributed by atoms with Crippen LogP contribution in [0.4, 0.5) is 5.69 Å². The molecule has 0 saturated carbocycles. The first-order chi connectivity index (χ1) is 15.5. The Kier molecular flexibility index (Phi) is 5.15. The Bertz CT molecular complexity index is 1490. The van der Waals surface area contributed by atoms with Gasteiger partial charge in [-0.1, -0.05) is 39.9 Å². The number of anilines is 1. The number of carbonyl (C=O) groups is 1. The van der Waals surface area contributed by atoms with Crippen molar-refractivity contribution in [3.8, 4) is 17.1 Å². The maximum Gasteiger partial charge on any atom is 0.291 e. The lowest BCUT2D eigenvalue weighted by Gasteiger charge is -2.13. The lowest BCUT2D eigenvalue weighted by atomic mass is 10.1. The van der Waals surface area contributed by atoms with Crippen LogP contribution in [0, 0.1) is 0 Å². The average molecular weight is 509 g/mol. The minimum absolute atomic E-state index is 0.183. The number of fused-ring (bicyclic) bond motifs is 2. The third kappa shape index (κ3) is 3.25. The number of hydrogen-bond acceptors (Lipinski definition) is 6. The molecule has 9 heteroatoms. The number of ether oxygens (including phenoxy) is 1. The van der Waals surface area contributed by atoms with Crippen LogP contribution in [0.2, 0.25) is 0 Å². The Hall–Kier alpha value is -3.30. The first kappa shape index (κ1) is 20.6. The van der Waals surface area contributed by atoms with Gasteiger partial charge in [-0.15, -0.1) is 5.10 Å². The zero-order valence-electron chi connectivity index (χ0n) is 17.0. The van der Waals surface area contributed by atoms with E-state index in [0.29, 0.717) is 39.8 Å². The molecule has 0 N–H and O–H groups in total. The summed E-state index contributed by atoms with van der Waals surface area (Å²) in [5.41, 5.74) is 2.36. The number of aromatic nitrogens is 3. The summed E-state index contributed by atoms with van der Waals surface area (Å²) in [5, 5.41) is 4.40. The number of hydrogen-bond donors (Lipinski definition) is 0. The Morgan fingerprint density at radius 3 is 2.66 bits per heavy atom. The molecule has 0 saturated heterocycles. The summed E-state index contributed by atoms with van der Waals surface area (Å²) in [6, 6.07) is 13.0. The smallest absolute Gasteiger partial charge is 0.291 e. The molecule has 0 bridgehead atoms. The van der Waals surface area contributed by atoms with E-state index in [1.54, 1.807) is 11.0 Å². The van der Waals surface area contributed by atoms with Gasteiger partial charge in [-0.2, -0.15) is 9.50 Å². The van der Waals surface area contributed by atoms with Crippen molar-refractivity contribution in [2.45, 2.75) is 6.92 Å². The summed E-state index contributed by atoms with van der Waals surface area (Å²) >= 11 is 4.64. The Morgan fingerprint density at radius 2 is 1.97 bits per heavy atom. The molecule has 0 spiro atoms. The van der Waals surface area contributed by atoms with Crippen molar-refractivity contribution in [2.24, 2.45) is 0 Å². The molecule has 2 aromatic heterocycles. The van der Waals surface area contributed by atoms with Crippen LogP contribution >= 0.6 is 27.3 Å². The van der Waals surface area contributed by atoms with E-state index in [1.807, 2.05) is 49.4 Å². The van der Waals surface area contributed by atoms with E-state index in [9.17, 15) is 9.59 Å². The molecule has 1 aliphatic heterocycles. The highest BCUT2D eigenvalue weighted by Crippen LogP contribution is 2.37. The van der Waals surface area contributed by atoms with Gasteiger partial charge in [0.05, 0.1) is 11.3 Å². The van der Waals surface area contributed by atoms with Crippen LogP contribution in [-0.2, 0) is 4.79 Å². The maximum atomic E-state index is 13.2. The summed E-state index contributed by atoms with van der Waals surface area (Å²) in [4.78, 5) is 33.0. The van der Waals surface area contributed by atoms with E-state index in [2.05, 4.69) is 32.6 Å². The van der Waals surface area contributed by atoms with Crippen LogP contribution in [0.5, 0.6) is 5.75 Å². The molecule has 0 unspecified atom stereocenters. The fraction of sp³-hybridized carbons (Fsp3) is 0.130. The van der Waals surface area contributed by atoms with Crippen LogP contribution in [0.15, 0.2) is 64.4 Å². The molecule has 7 nitrogen and oxygen atoms in total. The standard InChI is InChI=1S/C23H17BrN4O3S/c1-3-11-31-15-8-5-13(6-9-15)20-25-23-28(26-20)22(30)19(32-23)18-16-12-14(24)7-10-17(16)27(4-2)21(18)29/h3,5-10,12H,1,4,11H2,2H3/b19-18-. The topological polar surface area (TPSA) is 76.8 Å². The summed E-state index contributed by atoms with van der Waals surface area (Å²) in [6.07, 6.45) is 1.68. The second kappa shape index (κ2) is 7.99. The molecular weight excluding hydrogens is 492 g/mol. The van der Waals surface area contributed by atoms with E-state index in [-0.39, 0.29) is 11.5 Å². The molecule has 160 valence electrons. The Morgan fingerprint density at radius 1 is 1.19 bits per heavy atom. The molecule has 0 radical (unpaired) electrons. The zero-order chi connectivity index (χ0) is 22.4. The minimum atomic E-state index is -0.345. The van der Waals surface area contributed by atoms with Gasteiger partial charge in [0.15, 0.2) is 5.82 Å². The molecule has 4 aromatic rings. The Labute approximate surface area is 195 Å². The number of rotatable bonds is 5. The lowest BCUT2D eigenvalue weighted by molar-refractivity contribution is -0.113. The highest BCUT2D eigenvalue weighted by molar-refractivity contribution is 9.10. The molecule has 1 aliphatic rings. The van der Waals surface area contributed by atoms with Crippen LogP contribution in [0.1, 0.15) is 12.5 Å². The number of halogens is 1. The van der Waals surface area contributed by atoms with Gasteiger partial charge in [-0.25, -0.2) is 0 Å². The molecule has 3 heterocycles. The van der Waals surface area contributed by atoms with Crippen LogP contribution in [-0.4, -0.2) is 33.7 Å². The van der Waals surface area contributed by atoms with Crippen molar-refractivity contribution < 1.29 is 9.53 Å². The monoisotopic (exact) mass is 508 g/mol. The SMILES string of the molecule is C=CCOc1ccc(-c2nc3s/c(=C4\C(=O)N(CC)c5ccc(Br)cc54)c(=O)n3n2)cc1. The molecular formula is C23H17BrN4O3S. The highest BCUT2D eigenvalue weighted by atomic mass is 79.9. The molecule has 32 heavy (non-hydrogen) atoms. The third-order valence-corrected chi connectivity index (χ3v) is 6.68. The van der Waals surface area contributed by atoms with Crippen molar-refractivity contribution in [3.63, 3.8) is 0 Å². The second-order valence-electron chi connectivity index (χ2n) is 7.08. The molecule has 2 aromatic carbocycles. The number of amides is 1. The second-order valence-corrected chi connectivity index (χ2v) is 8.97. The van der Waals surface area contributed by atoms with Crippen molar-refractivity contribution in [2.75, 3.05) is 18.1 Å². The van der Waals surface area contributed by atoms with Crippen molar-refractivity contribution >= 4 is 49.4 Å². The van der Waals surface area contributed by atoms with Crippen molar-refractivity contribution in [1.29, 1.82) is 0 Å². The van der Waals surface area contributed by atoms with Crippen LogP contribution in [0.25, 0.3) is 21.9 Å². The quantitative estimate of drug-likeness (QED) is 0.386. The van der Waals surface area contributed by atoms with E-state index in [0.717, 1.165) is 21.3 Å². The minimum Gasteiger partial charge on any atom is -0.490 e. The van der Waals surface area contributed by atoms with Gasteiger partial charge in [0, 0.05) is 22.1 Å². The van der Waals surface area contributed by atoms with Gasteiger partial charge >= 0.3 is 0 Å². The molecule has 5 rings (SSSR count).